The van der Waals surface area contributed by atoms with E-state index < -0.39 is 0 Å². The van der Waals surface area contributed by atoms with Crippen LogP contribution in [0.3, 0.4) is 0 Å². The lowest BCUT2D eigenvalue weighted by Crippen LogP contribution is -2.22. The zero-order valence-electron chi connectivity index (χ0n) is 7.58. The predicted octanol–water partition coefficient (Wildman–Crippen LogP) is 0.690. The minimum absolute atomic E-state index is 0.00468. The van der Waals surface area contributed by atoms with Gasteiger partial charge in [-0.15, -0.1) is 0 Å². The van der Waals surface area contributed by atoms with E-state index in [1.807, 2.05) is 0 Å². The molecule has 0 saturated heterocycles. The van der Waals surface area contributed by atoms with E-state index in [0.717, 1.165) is 0 Å². The van der Waals surface area contributed by atoms with Crippen LogP contribution in [-0.4, -0.2) is 10.9 Å². The molecule has 3 N–H and O–H groups in total. The van der Waals surface area contributed by atoms with Gasteiger partial charge < -0.3 is 11.1 Å². The van der Waals surface area contributed by atoms with Gasteiger partial charge in [0.1, 0.15) is 0 Å². The first kappa shape index (κ1) is 9.51. The number of pyridine rings is 1. The SMILES string of the molecule is CCC(=O)NCc1ncccc1N. The fraction of sp³-hybridized carbons (Fsp3) is 0.333. The van der Waals surface area contributed by atoms with Crippen molar-refractivity contribution in [2.45, 2.75) is 19.9 Å². The van der Waals surface area contributed by atoms with Gasteiger partial charge in [-0.2, -0.15) is 0 Å². The Bertz CT molecular complexity index is 299. The van der Waals surface area contributed by atoms with Crippen molar-refractivity contribution >= 4 is 11.6 Å². The number of hydrogen-bond donors (Lipinski definition) is 2. The average Bonchev–Trinajstić information content (AvgIpc) is 2.16. The number of amides is 1. The third kappa shape index (κ3) is 2.74. The molecule has 1 amide bonds. The lowest BCUT2D eigenvalue weighted by molar-refractivity contribution is -0.120. The Morgan fingerprint density at radius 2 is 2.46 bits per heavy atom. The molecule has 0 fully saturated rings. The monoisotopic (exact) mass is 179 g/mol. The summed E-state index contributed by atoms with van der Waals surface area (Å²) in [6.45, 7) is 2.20. The first-order valence-corrected chi connectivity index (χ1v) is 4.20. The van der Waals surface area contributed by atoms with Crippen LogP contribution in [0.25, 0.3) is 0 Å². The fourth-order valence-electron chi connectivity index (χ4n) is 0.905. The van der Waals surface area contributed by atoms with E-state index in [1.165, 1.54) is 0 Å². The normalized spacial score (nSPS) is 9.62. The van der Waals surface area contributed by atoms with Crippen molar-refractivity contribution < 1.29 is 4.79 Å². The van der Waals surface area contributed by atoms with Crippen molar-refractivity contribution in [2.75, 3.05) is 5.73 Å². The number of rotatable bonds is 3. The van der Waals surface area contributed by atoms with Gasteiger partial charge in [-0.05, 0) is 12.1 Å². The van der Waals surface area contributed by atoms with Gasteiger partial charge >= 0.3 is 0 Å². The first-order valence-electron chi connectivity index (χ1n) is 4.20. The molecule has 0 aliphatic rings. The summed E-state index contributed by atoms with van der Waals surface area (Å²) >= 11 is 0. The highest BCUT2D eigenvalue weighted by Gasteiger charge is 2.00. The third-order valence-electron chi connectivity index (χ3n) is 1.70. The quantitative estimate of drug-likeness (QED) is 0.717. The zero-order valence-corrected chi connectivity index (χ0v) is 7.58. The summed E-state index contributed by atoms with van der Waals surface area (Å²) in [5.74, 6) is 0.00468. The molecule has 70 valence electrons. The summed E-state index contributed by atoms with van der Waals surface area (Å²) in [5.41, 5.74) is 6.96. The van der Waals surface area contributed by atoms with Crippen LogP contribution in [0.4, 0.5) is 5.69 Å². The molecule has 1 heterocycles. The van der Waals surface area contributed by atoms with Crippen molar-refractivity contribution in [1.82, 2.24) is 10.3 Å². The highest BCUT2D eigenvalue weighted by molar-refractivity contribution is 5.75. The Labute approximate surface area is 77.2 Å². The fourth-order valence-corrected chi connectivity index (χ4v) is 0.905. The summed E-state index contributed by atoms with van der Waals surface area (Å²) in [6, 6.07) is 3.53. The standard InChI is InChI=1S/C9H13N3O/c1-2-9(13)12-6-8-7(10)4-3-5-11-8/h3-5H,2,6,10H2,1H3,(H,12,13). The number of nitrogens with two attached hydrogens (primary N) is 1. The lowest BCUT2D eigenvalue weighted by atomic mass is 10.3. The number of hydrogen-bond acceptors (Lipinski definition) is 3. The summed E-state index contributed by atoms with van der Waals surface area (Å²) in [6.07, 6.45) is 2.14. The maximum Gasteiger partial charge on any atom is 0.220 e. The van der Waals surface area contributed by atoms with Crippen molar-refractivity contribution in [3.05, 3.63) is 24.0 Å². The van der Waals surface area contributed by atoms with Gasteiger partial charge in [-0.25, -0.2) is 0 Å². The topological polar surface area (TPSA) is 68.0 Å². The predicted molar refractivity (Wildman–Crippen MR) is 50.8 cm³/mol. The summed E-state index contributed by atoms with van der Waals surface area (Å²) in [5, 5.41) is 2.71. The van der Waals surface area contributed by atoms with Crippen LogP contribution in [0.15, 0.2) is 18.3 Å². The largest absolute Gasteiger partial charge is 0.397 e. The molecule has 0 saturated carbocycles. The van der Waals surface area contributed by atoms with Crippen LogP contribution < -0.4 is 11.1 Å². The number of nitrogens with zero attached hydrogens (tertiary/aromatic N) is 1. The third-order valence-corrected chi connectivity index (χ3v) is 1.70. The molecule has 0 aromatic carbocycles. The van der Waals surface area contributed by atoms with E-state index in [1.54, 1.807) is 25.3 Å². The smallest absolute Gasteiger partial charge is 0.220 e. The van der Waals surface area contributed by atoms with Crippen molar-refractivity contribution in [2.24, 2.45) is 0 Å². The van der Waals surface area contributed by atoms with Crippen molar-refractivity contribution in [3.63, 3.8) is 0 Å². The molecule has 0 aliphatic carbocycles. The first-order chi connectivity index (χ1) is 6.24. The van der Waals surface area contributed by atoms with Gasteiger partial charge in [0.25, 0.3) is 0 Å². The molecular weight excluding hydrogens is 166 g/mol. The molecule has 0 bridgehead atoms. The van der Waals surface area contributed by atoms with Gasteiger partial charge in [0, 0.05) is 12.6 Å². The van der Waals surface area contributed by atoms with Gasteiger partial charge in [0.2, 0.25) is 5.91 Å². The maximum atomic E-state index is 10.9. The Morgan fingerprint density at radius 1 is 1.69 bits per heavy atom. The Hall–Kier alpha value is -1.58. The van der Waals surface area contributed by atoms with Crippen molar-refractivity contribution in [3.8, 4) is 0 Å². The number of aromatic nitrogens is 1. The van der Waals surface area contributed by atoms with Crippen LogP contribution >= 0.6 is 0 Å². The minimum Gasteiger partial charge on any atom is -0.397 e. The Morgan fingerprint density at radius 3 is 3.08 bits per heavy atom. The number of carbonyl (C=O) groups is 1. The molecule has 0 radical (unpaired) electrons. The Kier molecular flexibility index (Phi) is 3.25. The number of nitrogens with one attached hydrogen (secondary N) is 1. The van der Waals surface area contributed by atoms with Crippen LogP contribution in [0.5, 0.6) is 0 Å². The molecular formula is C9H13N3O. The highest BCUT2D eigenvalue weighted by Crippen LogP contribution is 2.05. The molecule has 1 aromatic heterocycles. The van der Waals surface area contributed by atoms with Crippen molar-refractivity contribution in [1.29, 1.82) is 0 Å². The molecule has 0 atom stereocenters. The van der Waals surface area contributed by atoms with Crippen LogP contribution in [-0.2, 0) is 11.3 Å². The van der Waals surface area contributed by atoms with E-state index in [2.05, 4.69) is 10.3 Å². The number of carbonyl (C=O) groups excluding carboxylic acids is 1. The van der Waals surface area contributed by atoms with E-state index in [4.69, 9.17) is 5.73 Å². The van der Waals surface area contributed by atoms with Gasteiger partial charge in [-0.3, -0.25) is 9.78 Å². The van der Waals surface area contributed by atoms with Crippen LogP contribution in [0.1, 0.15) is 19.0 Å². The number of nitrogen functional groups attached to an aromatic ring is 1. The second-order valence-electron chi connectivity index (χ2n) is 2.67. The molecule has 1 aromatic rings. The van der Waals surface area contributed by atoms with Gasteiger partial charge in [0.05, 0.1) is 17.9 Å². The minimum atomic E-state index is 0.00468. The molecule has 13 heavy (non-hydrogen) atoms. The van der Waals surface area contributed by atoms with Crippen LogP contribution in [0.2, 0.25) is 0 Å². The van der Waals surface area contributed by atoms with Gasteiger partial charge in [-0.1, -0.05) is 6.92 Å². The maximum absolute atomic E-state index is 10.9. The Balaban J connectivity index is 2.54. The van der Waals surface area contributed by atoms with Crippen LogP contribution in [0, 0.1) is 0 Å². The molecule has 0 unspecified atom stereocenters. The van der Waals surface area contributed by atoms with E-state index in [9.17, 15) is 4.79 Å². The zero-order chi connectivity index (χ0) is 9.68. The molecule has 0 spiro atoms. The molecule has 1 rings (SSSR count). The molecule has 0 aliphatic heterocycles. The lowest BCUT2D eigenvalue weighted by Gasteiger charge is -2.04. The summed E-state index contributed by atoms with van der Waals surface area (Å²) in [4.78, 5) is 15.0. The molecule has 4 nitrogen and oxygen atoms in total. The van der Waals surface area contributed by atoms with Gasteiger partial charge in [0.15, 0.2) is 0 Å². The highest BCUT2D eigenvalue weighted by atomic mass is 16.1. The molecule has 4 heteroatoms. The van der Waals surface area contributed by atoms with E-state index in [0.29, 0.717) is 24.3 Å². The summed E-state index contributed by atoms with van der Waals surface area (Å²) in [7, 11) is 0. The second-order valence-corrected chi connectivity index (χ2v) is 2.67. The number of anilines is 1. The van der Waals surface area contributed by atoms with E-state index >= 15 is 0 Å². The second kappa shape index (κ2) is 4.45. The summed E-state index contributed by atoms with van der Waals surface area (Å²) < 4.78 is 0. The average molecular weight is 179 g/mol. The van der Waals surface area contributed by atoms with E-state index in [-0.39, 0.29) is 5.91 Å².